The lowest BCUT2D eigenvalue weighted by molar-refractivity contribution is -0.391. The highest BCUT2D eigenvalue weighted by Gasteiger charge is 2.65. The monoisotopic (exact) mass is 1320 g/mol. The molecule has 92 heavy (non-hydrogen) atoms. The Morgan fingerprint density at radius 1 is 0.467 bits per heavy atom. The van der Waals surface area contributed by atoms with E-state index < -0.39 is 238 Å². The zero-order chi connectivity index (χ0) is 69.2. The Hall–Kier alpha value is -7.74. The number of ether oxygens (including phenoxy) is 20. The molecule has 2 N–H and O–H groups in total. The fraction of sp³-hybridized carbons (Fsp3) is 0.750. The molecule has 21 atom stereocenters. The minimum Gasteiger partial charge on any atom is -0.465 e. The van der Waals surface area contributed by atoms with Crippen LogP contribution >= 0.6 is 0 Å². The van der Waals surface area contributed by atoms with E-state index in [0.29, 0.717) is 0 Å². The first-order valence-corrected chi connectivity index (χ1v) is 28.7. The smallest absolute Gasteiger partial charge is 0.366 e. The predicted molar refractivity (Wildman–Crippen MR) is 292 cm³/mol. The number of amides is 2. The SMILES string of the molecule is CCO[C@@H]1O[C@H](COC(C)=O)[C@@H](O[C@@H]2O[C@H](COC(C)=O)[C@H](OC(C)=O)[C@H](O[C@]3(C(=O)OC)C[C@H](OC(C)=O)[C@@H](NC(C)=O)[C@H]([C@H](OC(C)=O)[C@@H](COC(C)=O)OC(C)=O)O3)[C@H]2OC(C)=O)[C@H](O[C@@H]2O[C@@H](C)[C@@H](OC(C)=O)[C@@H](OC(C)=O)[C@@H]2OC(C)=O)[C@H]1NC(C)=O. The summed E-state index contributed by atoms with van der Waals surface area (Å²) in [5.74, 6) is -17.9. The normalized spacial score (nSPS) is 31.5. The van der Waals surface area contributed by atoms with Crippen molar-refractivity contribution < 1.29 is 162 Å². The summed E-state index contributed by atoms with van der Waals surface area (Å²) in [4.78, 5) is 184. The molecule has 4 rings (SSSR count). The molecule has 4 aliphatic heterocycles. The highest BCUT2D eigenvalue weighted by Crippen LogP contribution is 2.43. The van der Waals surface area contributed by atoms with E-state index in [2.05, 4.69) is 10.6 Å². The second-order valence-corrected chi connectivity index (χ2v) is 21.2. The van der Waals surface area contributed by atoms with Crippen molar-refractivity contribution >= 4 is 83.4 Å². The standard InChI is InChI=1S/C56H80N2O34/c1-17-74-52-41(58-24(4)60)46(90-53-50(85-34(14)70)48(84-33(13)69)42(22(2)78-53)81-30(10)66)43(38(87-52)20-76-26(6)62)89-54-51(86-35(15)71)49(45(83-32(12)68)39(88-54)21-77-27(7)63)92-56(55(72)73-16)18-36(79-28(8)64)40(57-23(3)59)47(91-56)44(82-31(11)67)37(80-29(9)65)19-75-25(5)61/h22,36-54H,17-21H2,1-16H3,(H,57,59)(H,58,60)/t22-,36-,37+,38+,39+,40+,41+,42+,43+,44+,45-,46+,47+,48+,49-,50-,51+,52+,53-,54-,56-/m0/s1. The quantitative estimate of drug-likeness (QED) is 0.0675. The largest absolute Gasteiger partial charge is 0.465 e. The second kappa shape index (κ2) is 34.8. The van der Waals surface area contributed by atoms with Gasteiger partial charge < -0.3 is 105 Å². The van der Waals surface area contributed by atoms with Crippen molar-refractivity contribution in [1.82, 2.24) is 10.6 Å². The van der Waals surface area contributed by atoms with Gasteiger partial charge in [0.1, 0.15) is 68.6 Å². The molecule has 0 radical (unpaired) electrons. The summed E-state index contributed by atoms with van der Waals surface area (Å²) in [7, 11) is 0.812. The fourth-order valence-corrected chi connectivity index (χ4v) is 10.5. The van der Waals surface area contributed by atoms with Gasteiger partial charge in [-0.15, -0.1) is 0 Å². The molecule has 4 aliphatic rings. The van der Waals surface area contributed by atoms with Gasteiger partial charge in [0, 0.05) is 96.6 Å². The van der Waals surface area contributed by atoms with E-state index in [4.69, 9.17) is 94.7 Å². The summed E-state index contributed by atoms with van der Waals surface area (Å²) in [6.45, 7) is 12.6. The van der Waals surface area contributed by atoms with Crippen LogP contribution < -0.4 is 10.6 Å². The van der Waals surface area contributed by atoms with Crippen molar-refractivity contribution in [3.8, 4) is 0 Å². The Labute approximate surface area is 526 Å². The van der Waals surface area contributed by atoms with Crippen molar-refractivity contribution in [2.24, 2.45) is 0 Å². The second-order valence-electron chi connectivity index (χ2n) is 21.2. The first-order chi connectivity index (χ1) is 43.0. The van der Waals surface area contributed by atoms with Crippen LogP contribution in [0.3, 0.4) is 0 Å². The number of carbonyl (C=O) groups excluding carboxylic acids is 14. The number of nitrogens with one attached hydrogen (secondary N) is 2. The number of hydrogen-bond acceptors (Lipinski definition) is 34. The minimum atomic E-state index is -3.23. The predicted octanol–water partition coefficient (Wildman–Crippen LogP) is -1.82. The lowest BCUT2D eigenvalue weighted by Crippen LogP contribution is -2.72. The summed E-state index contributed by atoms with van der Waals surface area (Å²) < 4.78 is 119. The molecule has 4 fully saturated rings. The Bertz CT molecular complexity index is 2690. The molecule has 36 heteroatoms. The zero-order valence-corrected chi connectivity index (χ0v) is 53.5. The number of esters is 12. The molecule has 0 aromatic heterocycles. The third-order valence-corrected chi connectivity index (χ3v) is 13.5. The molecule has 0 spiro atoms. The Morgan fingerprint density at radius 2 is 0.913 bits per heavy atom. The molecular weight excluding hydrogens is 1240 g/mol. The Balaban J connectivity index is 2.18. The molecule has 0 aromatic rings. The summed E-state index contributed by atoms with van der Waals surface area (Å²) >= 11 is 0. The van der Waals surface area contributed by atoms with Crippen LogP contribution in [0.5, 0.6) is 0 Å². The van der Waals surface area contributed by atoms with E-state index in [1.54, 1.807) is 0 Å². The number of methoxy groups -OCH3 is 1. The highest BCUT2D eigenvalue weighted by molar-refractivity contribution is 5.79. The summed E-state index contributed by atoms with van der Waals surface area (Å²) in [6, 6.07) is -3.40. The zero-order valence-electron chi connectivity index (χ0n) is 53.5. The first kappa shape index (κ1) is 76.7. The third kappa shape index (κ3) is 22.0. The van der Waals surface area contributed by atoms with Crippen LogP contribution in [-0.2, 0) is 162 Å². The van der Waals surface area contributed by atoms with Gasteiger partial charge in [0.15, 0.2) is 61.6 Å². The lowest BCUT2D eigenvalue weighted by Gasteiger charge is -2.53. The average molecular weight is 1330 g/mol. The van der Waals surface area contributed by atoms with Gasteiger partial charge in [-0.3, -0.25) is 62.3 Å². The Morgan fingerprint density at radius 3 is 1.39 bits per heavy atom. The molecule has 0 unspecified atom stereocenters. The van der Waals surface area contributed by atoms with Gasteiger partial charge in [-0.2, -0.15) is 0 Å². The van der Waals surface area contributed by atoms with E-state index >= 15 is 0 Å². The van der Waals surface area contributed by atoms with Gasteiger partial charge in [-0.1, -0.05) is 0 Å². The topological polar surface area (TPSA) is 448 Å². The van der Waals surface area contributed by atoms with Gasteiger partial charge in [-0.25, -0.2) is 4.79 Å². The molecule has 4 heterocycles. The molecule has 36 nitrogen and oxygen atoms in total. The molecule has 0 bridgehead atoms. The number of rotatable bonds is 27. The van der Waals surface area contributed by atoms with Gasteiger partial charge in [-0.05, 0) is 13.8 Å². The van der Waals surface area contributed by atoms with E-state index in [0.717, 1.165) is 97.1 Å². The van der Waals surface area contributed by atoms with Crippen LogP contribution in [-0.4, -0.2) is 245 Å². The molecule has 518 valence electrons. The first-order valence-electron chi connectivity index (χ1n) is 28.7. The van der Waals surface area contributed by atoms with E-state index in [1.807, 2.05) is 0 Å². The van der Waals surface area contributed by atoms with Crippen molar-refractivity contribution in [2.75, 3.05) is 33.5 Å². The van der Waals surface area contributed by atoms with Crippen LogP contribution in [0.1, 0.15) is 110 Å². The average Bonchev–Trinajstić information content (AvgIpc) is 0.749. The van der Waals surface area contributed by atoms with Gasteiger partial charge >= 0.3 is 71.6 Å². The maximum atomic E-state index is 15.0. The summed E-state index contributed by atoms with van der Waals surface area (Å²) in [5, 5.41) is 5.15. The molecule has 0 saturated carbocycles. The summed E-state index contributed by atoms with van der Waals surface area (Å²) in [6.07, 6.45) is -35.7. The Kier molecular flexibility index (Phi) is 29.0. The molecule has 4 saturated heterocycles. The number of carbonyl (C=O) groups is 14. The van der Waals surface area contributed by atoms with Crippen LogP contribution in [0, 0.1) is 0 Å². The van der Waals surface area contributed by atoms with Gasteiger partial charge in [0.25, 0.3) is 5.79 Å². The van der Waals surface area contributed by atoms with Crippen LogP contribution in [0.15, 0.2) is 0 Å². The summed E-state index contributed by atoms with van der Waals surface area (Å²) in [5.41, 5.74) is 0. The maximum absolute atomic E-state index is 15.0. The molecule has 0 aliphatic carbocycles. The van der Waals surface area contributed by atoms with Crippen LogP contribution in [0.25, 0.3) is 0 Å². The molecule has 0 aromatic carbocycles. The van der Waals surface area contributed by atoms with Crippen molar-refractivity contribution in [1.29, 1.82) is 0 Å². The highest BCUT2D eigenvalue weighted by atomic mass is 16.8. The maximum Gasteiger partial charge on any atom is 0.366 e. The van der Waals surface area contributed by atoms with Crippen LogP contribution in [0.2, 0.25) is 0 Å². The molecular formula is C56H80N2O34. The van der Waals surface area contributed by atoms with E-state index in [-0.39, 0.29) is 6.61 Å². The van der Waals surface area contributed by atoms with Crippen LogP contribution in [0.4, 0.5) is 0 Å². The minimum absolute atomic E-state index is 0.160. The van der Waals surface area contributed by atoms with E-state index in [1.165, 1.54) is 13.8 Å². The van der Waals surface area contributed by atoms with E-state index in [9.17, 15) is 67.1 Å². The van der Waals surface area contributed by atoms with Crippen molar-refractivity contribution in [3.63, 3.8) is 0 Å². The lowest BCUT2D eigenvalue weighted by atomic mass is 9.87. The fourth-order valence-electron chi connectivity index (χ4n) is 10.5. The number of hydrogen-bond donors (Lipinski definition) is 2. The van der Waals surface area contributed by atoms with Gasteiger partial charge in [0.05, 0.1) is 25.7 Å². The van der Waals surface area contributed by atoms with Gasteiger partial charge in [0.2, 0.25) is 11.8 Å². The molecule has 2 amide bonds. The van der Waals surface area contributed by atoms with Crippen molar-refractivity contribution in [2.45, 2.75) is 239 Å². The third-order valence-electron chi connectivity index (χ3n) is 13.5. The van der Waals surface area contributed by atoms with Crippen molar-refractivity contribution in [3.05, 3.63) is 0 Å².